The summed E-state index contributed by atoms with van der Waals surface area (Å²) in [6.07, 6.45) is 6.64. The fraction of sp³-hybridized carbons (Fsp3) is 0.421. The number of hydrogen-bond donors (Lipinski definition) is 3. The molecule has 0 spiro atoms. The van der Waals surface area contributed by atoms with Gasteiger partial charge in [0.2, 0.25) is 0 Å². The third-order valence-electron chi connectivity index (χ3n) is 4.85. The molecule has 142 valence electrons. The van der Waals surface area contributed by atoms with E-state index < -0.39 is 5.67 Å². The molecule has 0 saturated carbocycles. The van der Waals surface area contributed by atoms with E-state index in [9.17, 15) is 4.39 Å². The zero-order valence-corrected chi connectivity index (χ0v) is 15.0. The molecule has 0 amide bonds. The third-order valence-corrected chi connectivity index (χ3v) is 4.85. The van der Waals surface area contributed by atoms with Gasteiger partial charge in [-0.3, -0.25) is 9.67 Å². The molecule has 27 heavy (non-hydrogen) atoms. The molecular formula is C19H23FN6O. The Kier molecular flexibility index (Phi) is 5.00. The molecule has 0 radical (unpaired) electrons. The quantitative estimate of drug-likeness (QED) is 0.615. The lowest BCUT2D eigenvalue weighted by atomic mass is 9.96. The second kappa shape index (κ2) is 7.58. The van der Waals surface area contributed by atoms with Crippen molar-refractivity contribution in [3.05, 3.63) is 36.8 Å². The van der Waals surface area contributed by atoms with Gasteiger partial charge in [0, 0.05) is 29.9 Å². The molecule has 1 fully saturated rings. The Morgan fingerprint density at radius 2 is 2.33 bits per heavy atom. The van der Waals surface area contributed by atoms with Gasteiger partial charge in [-0.2, -0.15) is 5.10 Å². The number of halogens is 1. The highest BCUT2D eigenvalue weighted by Crippen LogP contribution is 2.28. The molecule has 1 aliphatic rings. The van der Waals surface area contributed by atoms with Gasteiger partial charge in [-0.1, -0.05) is 0 Å². The number of rotatable bonds is 6. The molecule has 8 heteroatoms. The van der Waals surface area contributed by atoms with Crippen molar-refractivity contribution in [1.29, 1.82) is 0 Å². The molecule has 3 aromatic rings. The first-order chi connectivity index (χ1) is 13.2. The molecule has 0 aliphatic carbocycles. The Balaban J connectivity index is 1.65. The van der Waals surface area contributed by atoms with E-state index in [-0.39, 0.29) is 13.2 Å². The number of hydrogen-bond acceptors (Lipinski definition) is 6. The molecule has 3 aromatic heterocycles. The minimum Gasteiger partial charge on any atom is -0.394 e. The molecule has 7 nitrogen and oxygen atoms in total. The molecule has 0 bridgehead atoms. The second-order valence-electron chi connectivity index (χ2n) is 6.93. The van der Waals surface area contributed by atoms with Gasteiger partial charge in [0.1, 0.15) is 11.5 Å². The van der Waals surface area contributed by atoms with Crippen LogP contribution in [0.4, 0.5) is 10.2 Å². The summed E-state index contributed by atoms with van der Waals surface area (Å²) in [4.78, 5) is 9.14. The summed E-state index contributed by atoms with van der Waals surface area (Å²) in [6.45, 7) is 1.86. The molecule has 1 saturated heterocycles. The van der Waals surface area contributed by atoms with Crippen molar-refractivity contribution in [3.8, 4) is 11.3 Å². The number of piperidine rings is 1. The fourth-order valence-electron chi connectivity index (χ4n) is 3.40. The van der Waals surface area contributed by atoms with Gasteiger partial charge in [-0.25, -0.2) is 9.37 Å². The minimum absolute atomic E-state index is 0.0211. The molecular weight excluding hydrogens is 347 g/mol. The monoisotopic (exact) mass is 370 g/mol. The van der Waals surface area contributed by atoms with Crippen LogP contribution in [0.2, 0.25) is 0 Å². The van der Waals surface area contributed by atoms with Crippen molar-refractivity contribution in [2.24, 2.45) is 0 Å². The number of aliphatic hydroxyl groups is 1. The van der Waals surface area contributed by atoms with Crippen molar-refractivity contribution in [1.82, 2.24) is 25.1 Å². The van der Waals surface area contributed by atoms with Crippen LogP contribution in [0.3, 0.4) is 0 Å². The SMILES string of the molecule is OCCn1cc(-c2cc3ncccc3c(NC[C@@]3(F)CCCNC3)n2)cn1. The smallest absolute Gasteiger partial charge is 0.140 e. The Hall–Kier alpha value is -2.58. The maximum Gasteiger partial charge on any atom is 0.140 e. The number of nitrogens with zero attached hydrogens (tertiary/aromatic N) is 4. The highest BCUT2D eigenvalue weighted by Gasteiger charge is 2.31. The summed E-state index contributed by atoms with van der Waals surface area (Å²) in [5.74, 6) is 0.619. The highest BCUT2D eigenvalue weighted by atomic mass is 19.1. The van der Waals surface area contributed by atoms with Crippen LogP contribution in [0, 0.1) is 0 Å². The van der Waals surface area contributed by atoms with Crippen LogP contribution in [0.5, 0.6) is 0 Å². The number of aliphatic hydroxyl groups excluding tert-OH is 1. The molecule has 0 unspecified atom stereocenters. The van der Waals surface area contributed by atoms with E-state index in [1.165, 1.54) is 0 Å². The topological polar surface area (TPSA) is 87.9 Å². The van der Waals surface area contributed by atoms with Crippen LogP contribution >= 0.6 is 0 Å². The largest absolute Gasteiger partial charge is 0.394 e. The number of aromatic nitrogens is 4. The maximum atomic E-state index is 15.0. The number of nitrogens with one attached hydrogen (secondary N) is 2. The predicted octanol–water partition coefficient (Wildman–Crippen LogP) is 1.99. The zero-order chi connectivity index (χ0) is 18.7. The van der Waals surface area contributed by atoms with E-state index in [0.717, 1.165) is 29.4 Å². The van der Waals surface area contributed by atoms with Crippen LogP contribution in [0.1, 0.15) is 12.8 Å². The molecule has 1 atom stereocenters. The van der Waals surface area contributed by atoms with E-state index in [1.54, 1.807) is 17.1 Å². The summed E-state index contributed by atoms with van der Waals surface area (Å²) in [6, 6.07) is 5.68. The van der Waals surface area contributed by atoms with Crippen molar-refractivity contribution in [2.45, 2.75) is 25.1 Å². The Morgan fingerprint density at radius 3 is 3.15 bits per heavy atom. The molecule has 0 aromatic carbocycles. The average Bonchev–Trinajstić information content (AvgIpc) is 3.16. The Morgan fingerprint density at radius 1 is 1.41 bits per heavy atom. The third kappa shape index (κ3) is 3.91. The maximum absolute atomic E-state index is 15.0. The first-order valence-electron chi connectivity index (χ1n) is 9.20. The van der Waals surface area contributed by atoms with Crippen LogP contribution in [-0.4, -0.2) is 56.8 Å². The van der Waals surface area contributed by atoms with E-state index >= 15 is 0 Å². The summed E-state index contributed by atoms with van der Waals surface area (Å²) in [5, 5.41) is 20.5. The molecule has 1 aliphatic heterocycles. The summed E-state index contributed by atoms with van der Waals surface area (Å²) in [7, 11) is 0. The molecule has 3 N–H and O–H groups in total. The number of fused-ring (bicyclic) bond motifs is 1. The average molecular weight is 370 g/mol. The first kappa shape index (κ1) is 17.8. The van der Waals surface area contributed by atoms with Gasteiger partial charge in [-0.05, 0) is 37.6 Å². The Labute approximate surface area is 156 Å². The van der Waals surface area contributed by atoms with Crippen LogP contribution in [-0.2, 0) is 6.54 Å². The summed E-state index contributed by atoms with van der Waals surface area (Å²) < 4.78 is 16.6. The minimum atomic E-state index is -1.28. The van der Waals surface area contributed by atoms with Gasteiger partial charge in [0.05, 0.1) is 37.1 Å². The van der Waals surface area contributed by atoms with E-state index in [1.807, 2.05) is 24.4 Å². The van der Waals surface area contributed by atoms with Gasteiger partial charge < -0.3 is 15.7 Å². The van der Waals surface area contributed by atoms with Gasteiger partial charge in [0.25, 0.3) is 0 Å². The lowest BCUT2D eigenvalue weighted by Gasteiger charge is -2.30. The van der Waals surface area contributed by atoms with Gasteiger partial charge in [0.15, 0.2) is 0 Å². The van der Waals surface area contributed by atoms with E-state index in [4.69, 9.17) is 10.1 Å². The highest BCUT2D eigenvalue weighted by molar-refractivity contribution is 5.91. The van der Waals surface area contributed by atoms with E-state index in [2.05, 4.69) is 20.7 Å². The number of anilines is 1. The molecule has 4 rings (SSSR count). The van der Waals surface area contributed by atoms with Gasteiger partial charge in [-0.15, -0.1) is 0 Å². The van der Waals surface area contributed by atoms with Crippen molar-refractivity contribution < 1.29 is 9.50 Å². The predicted molar refractivity (Wildman–Crippen MR) is 102 cm³/mol. The number of alkyl halides is 1. The van der Waals surface area contributed by atoms with Gasteiger partial charge >= 0.3 is 0 Å². The lowest BCUT2D eigenvalue weighted by Crippen LogP contribution is -2.46. The molecule has 4 heterocycles. The standard InChI is InChI=1S/C19H23FN6O/c20-19(4-2-5-21-12-19)13-23-18-15-3-1-6-22-17(15)9-16(25-18)14-10-24-26(11-14)7-8-27/h1,3,6,9-11,21,27H,2,4-5,7-8,12-13H2,(H,23,25)/t19-/m1/s1. The summed E-state index contributed by atoms with van der Waals surface area (Å²) >= 11 is 0. The van der Waals surface area contributed by atoms with Crippen molar-refractivity contribution in [3.63, 3.8) is 0 Å². The lowest BCUT2D eigenvalue weighted by molar-refractivity contribution is 0.137. The summed E-state index contributed by atoms with van der Waals surface area (Å²) in [5.41, 5.74) is 1.04. The Bertz CT molecular complexity index is 921. The zero-order valence-electron chi connectivity index (χ0n) is 15.0. The first-order valence-corrected chi connectivity index (χ1v) is 9.20. The van der Waals surface area contributed by atoms with Crippen LogP contribution < -0.4 is 10.6 Å². The normalized spacial score (nSPS) is 20.1. The van der Waals surface area contributed by atoms with Crippen molar-refractivity contribution >= 4 is 16.7 Å². The fourth-order valence-corrected chi connectivity index (χ4v) is 3.40. The second-order valence-corrected chi connectivity index (χ2v) is 6.93. The van der Waals surface area contributed by atoms with Crippen LogP contribution in [0.25, 0.3) is 22.2 Å². The van der Waals surface area contributed by atoms with E-state index in [0.29, 0.717) is 31.0 Å². The van der Waals surface area contributed by atoms with Crippen LogP contribution in [0.15, 0.2) is 36.8 Å². The van der Waals surface area contributed by atoms with Crippen molar-refractivity contribution in [2.75, 3.05) is 31.6 Å². The number of pyridine rings is 2.